The van der Waals surface area contributed by atoms with Gasteiger partial charge in [-0.25, -0.2) is 0 Å². The first-order valence-corrected chi connectivity index (χ1v) is 11.9. The van der Waals surface area contributed by atoms with Crippen LogP contribution in [-0.2, 0) is 16.0 Å². The van der Waals surface area contributed by atoms with Crippen molar-refractivity contribution in [2.24, 2.45) is 4.99 Å². The lowest BCUT2D eigenvalue weighted by Crippen LogP contribution is -2.36. The molecule has 9 nitrogen and oxygen atoms in total. The van der Waals surface area contributed by atoms with Crippen LogP contribution in [0.5, 0.6) is 0 Å². The summed E-state index contributed by atoms with van der Waals surface area (Å²) in [5.41, 5.74) is 5.24. The largest absolute Gasteiger partial charge is 0.403 e. The van der Waals surface area contributed by atoms with Gasteiger partial charge in [-0.15, -0.1) is 5.10 Å². The Morgan fingerprint density at radius 2 is 1.72 bits per heavy atom. The third-order valence-electron chi connectivity index (χ3n) is 6.31. The molecule has 1 fully saturated rings. The first-order chi connectivity index (χ1) is 17.8. The summed E-state index contributed by atoms with van der Waals surface area (Å²) in [4.78, 5) is 24.5. The minimum Gasteiger partial charge on any atom is -0.403 e. The van der Waals surface area contributed by atoms with Gasteiger partial charge >= 0.3 is 6.01 Å². The van der Waals surface area contributed by atoms with Crippen molar-refractivity contribution in [3.63, 3.8) is 0 Å². The molecule has 9 heteroatoms. The van der Waals surface area contributed by atoms with Crippen LogP contribution in [0.4, 0.5) is 11.7 Å². The highest BCUT2D eigenvalue weighted by molar-refractivity contribution is 6.16. The number of ether oxygens (including phenoxy) is 1. The van der Waals surface area contributed by atoms with E-state index in [4.69, 9.17) is 14.1 Å². The number of carbonyl (C=O) groups excluding carboxylic acids is 1. The summed E-state index contributed by atoms with van der Waals surface area (Å²) in [5, 5.41) is 11.5. The van der Waals surface area contributed by atoms with E-state index in [-0.39, 0.29) is 18.2 Å². The van der Waals surface area contributed by atoms with Crippen LogP contribution in [0.15, 0.2) is 82.5 Å². The van der Waals surface area contributed by atoms with E-state index in [0.717, 1.165) is 46.7 Å². The zero-order valence-electron chi connectivity index (χ0n) is 19.5. The summed E-state index contributed by atoms with van der Waals surface area (Å²) < 4.78 is 11.4. The number of rotatable bonds is 5. The standard InChI is InChI=1S/C27H24N6O3/c34-23-16-19-8-4-5-9-20(19)24(18-6-2-1-3-7-18)29-25(23)30-27-32-31-26(36-27)21-17-28-11-10-22(21)33-12-14-35-15-13-33/h1-11,17,25H,12-16H2,(H,30,32). The molecule has 180 valence electrons. The molecular weight excluding hydrogens is 456 g/mol. The SMILES string of the molecule is O=C1Cc2ccccc2C(c2ccccc2)=NC1Nc1nnc(-c2cnccc2N2CCOCC2)o1. The quantitative estimate of drug-likeness (QED) is 0.464. The van der Waals surface area contributed by atoms with Gasteiger partial charge in [-0.1, -0.05) is 59.7 Å². The molecule has 0 aliphatic carbocycles. The third kappa shape index (κ3) is 4.36. The molecule has 1 N–H and O–H groups in total. The van der Waals surface area contributed by atoms with Crippen LogP contribution in [0, 0.1) is 0 Å². The van der Waals surface area contributed by atoms with E-state index < -0.39 is 6.17 Å². The number of carbonyl (C=O) groups is 1. The minimum absolute atomic E-state index is 0.0801. The van der Waals surface area contributed by atoms with Crippen molar-refractivity contribution < 1.29 is 13.9 Å². The zero-order chi connectivity index (χ0) is 24.3. The highest BCUT2D eigenvalue weighted by Crippen LogP contribution is 2.31. The average Bonchev–Trinajstić information content (AvgIpc) is 3.35. The van der Waals surface area contributed by atoms with Crippen LogP contribution >= 0.6 is 0 Å². The summed E-state index contributed by atoms with van der Waals surface area (Å²) >= 11 is 0. The second kappa shape index (κ2) is 9.71. The number of ketones is 1. The van der Waals surface area contributed by atoms with Crippen LogP contribution in [0.25, 0.3) is 11.5 Å². The number of hydrogen-bond acceptors (Lipinski definition) is 9. The number of Topliss-reactive ketones (excluding diaryl/α,β-unsaturated/α-hetero) is 1. The Kier molecular flexibility index (Phi) is 5.96. The highest BCUT2D eigenvalue weighted by Gasteiger charge is 2.28. The Balaban J connectivity index is 1.32. The molecule has 2 aromatic heterocycles. The molecule has 36 heavy (non-hydrogen) atoms. The van der Waals surface area contributed by atoms with E-state index in [1.54, 1.807) is 12.4 Å². The lowest BCUT2D eigenvalue weighted by Gasteiger charge is -2.29. The van der Waals surface area contributed by atoms with Gasteiger partial charge in [0.2, 0.25) is 0 Å². The van der Waals surface area contributed by atoms with Crippen molar-refractivity contribution in [1.82, 2.24) is 15.2 Å². The zero-order valence-corrected chi connectivity index (χ0v) is 19.5. The van der Waals surface area contributed by atoms with Crippen LogP contribution in [0.1, 0.15) is 16.7 Å². The second-order valence-electron chi connectivity index (χ2n) is 8.60. The summed E-state index contributed by atoms with van der Waals surface area (Å²) in [6.07, 6.45) is 2.83. The molecule has 0 amide bonds. The molecule has 1 atom stereocenters. The van der Waals surface area contributed by atoms with Crippen LogP contribution < -0.4 is 10.2 Å². The van der Waals surface area contributed by atoms with Crippen molar-refractivity contribution >= 4 is 23.2 Å². The number of pyridine rings is 1. The van der Waals surface area contributed by atoms with E-state index >= 15 is 0 Å². The molecule has 0 radical (unpaired) electrons. The van der Waals surface area contributed by atoms with Crippen LogP contribution in [0.2, 0.25) is 0 Å². The molecular formula is C27H24N6O3. The van der Waals surface area contributed by atoms with Crippen molar-refractivity contribution in [3.8, 4) is 11.5 Å². The van der Waals surface area contributed by atoms with Crippen LogP contribution in [-0.4, -0.2) is 59.1 Å². The number of benzene rings is 2. The lowest BCUT2D eigenvalue weighted by molar-refractivity contribution is -0.119. The average molecular weight is 481 g/mol. The van der Waals surface area contributed by atoms with E-state index in [1.165, 1.54) is 0 Å². The van der Waals surface area contributed by atoms with Crippen molar-refractivity contribution in [2.75, 3.05) is 36.5 Å². The number of morpholine rings is 1. The van der Waals surface area contributed by atoms with Gasteiger partial charge in [0.15, 0.2) is 11.9 Å². The molecule has 2 aliphatic heterocycles. The minimum atomic E-state index is -0.867. The molecule has 0 spiro atoms. The van der Waals surface area contributed by atoms with Crippen molar-refractivity contribution in [1.29, 1.82) is 0 Å². The number of hydrogen-bond donors (Lipinski definition) is 1. The Bertz CT molecular complexity index is 1410. The topological polar surface area (TPSA) is 106 Å². The number of aromatic nitrogens is 3. The van der Waals surface area contributed by atoms with Gasteiger partial charge in [-0.05, 0) is 11.6 Å². The van der Waals surface area contributed by atoms with Gasteiger partial charge in [0.05, 0.1) is 30.2 Å². The number of anilines is 2. The summed E-state index contributed by atoms with van der Waals surface area (Å²) in [5.74, 6) is 0.243. The monoisotopic (exact) mass is 480 g/mol. The molecule has 1 saturated heterocycles. The molecule has 6 rings (SSSR count). The summed E-state index contributed by atoms with van der Waals surface area (Å²) in [7, 11) is 0. The molecule has 2 aromatic carbocycles. The molecule has 0 saturated carbocycles. The van der Waals surface area contributed by atoms with Crippen molar-refractivity contribution in [2.45, 2.75) is 12.6 Å². The molecule has 2 aliphatic rings. The van der Waals surface area contributed by atoms with Gasteiger partial charge < -0.3 is 19.4 Å². The number of fused-ring (bicyclic) bond motifs is 1. The van der Waals surface area contributed by atoms with E-state index in [9.17, 15) is 4.79 Å². The summed E-state index contributed by atoms with van der Waals surface area (Å²) in [6.45, 7) is 2.85. The van der Waals surface area contributed by atoms with Gasteiger partial charge in [0, 0.05) is 43.0 Å². The number of nitrogens with zero attached hydrogens (tertiary/aromatic N) is 5. The van der Waals surface area contributed by atoms with Crippen LogP contribution in [0.3, 0.4) is 0 Å². The van der Waals surface area contributed by atoms with Gasteiger partial charge in [0.25, 0.3) is 5.89 Å². The first-order valence-electron chi connectivity index (χ1n) is 11.9. The Hall–Kier alpha value is -4.37. The summed E-state index contributed by atoms with van der Waals surface area (Å²) in [6, 6.07) is 19.8. The van der Waals surface area contributed by atoms with Gasteiger partial charge in [-0.3, -0.25) is 14.8 Å². The molecule has 4 heterocycles. The predicted octanol–water partition coefficient (Wildman–Crippen LogP) is 3.37. The Labute approximate surface area is 207 Å². The second-order valence-corrected chi connectivity index (χ2v) is 8.60. The predicted molar refractivity (Wildman–Crippen MR) is 135 cm³/mol. The molecule has 0 bridgehead atoms. The molecule has 4 aromatic rings. The first kappa shape index (κ1) is 22.1. The molecule has 1 unspecified atom stereocenters. The Morgan fingerprint density at radius 1 is 0.917 bits per heavy atom. The fourth-order valence-electron chi connectivity index (χ4n) is 4.54. The number of nitrogens with one attached hydrogen (secondary N) is 1. The fourth-order valence-corrected chi connectivity index (χ4v) is 4.54. The van der Waals surface area contributed by atoms with E-state index in [0.29, 0.717) is 19.1 Å². The maximum absolute atomic E-state index is 13.2. The Morgan fingerprint density at radius 3 is 2.58 bits per heavy atom. The van der Waals surface area contributed by atoms with E-state index in [1.807, 2.05) is 60.7 Å². The fraction of sp³-hybridized carbons (Fsp3) is 0.222. The maximum Gasteiger partial charge on any atom is 0.317 e. The van der Waals surface area contributed by atoms with Crippen molar-refractivity contribution in [3.05, 3.63) is 89.7 Å². The maximum atomic E-state index is 13.2. The van der Waals surface area contributed by atoms with E-state index in [2.05, 4.69) is 25.4 Å². The van der Waals surface area contributed by atoms with Gasteiger partial charge in [-0.2, -0.15) is 0 Å². The highest BCUT2D eigenvalue weighted by atomic mass is 16.5. The third-order valence-corrected chi connectivity index (χ3v) is 6.31. The van der Waals surface area contributed by atoms with Gasteiger partial charge in [0.1, 0.15) is 0 Å². The number of aliphatic imine (C=N–C) groups is 1. The lowest BCUT2D eigenvalue weighted by atomic mass is 9.96. The smallest absolute Gasteiger partial charge is 0.317 e. The normalized spacial score (nSPS) is 17.8.